The highest BCUT2D eigenvalue weighted by atomic mass is 16.5. The standard InChI is InChI=1S/C21H27NO2/c1-17-11-13-22(14-12-17)15-20(23)16-24-21-9-7-19(8-10-21)18-5-3-2-4-6-18/h2-10,17,20,23H,11-16H2,1H3/t20-/m1/s1. The molecule has 1 aliphatic heterocycles. The molecule has 0 aliphatic carbocycles. The maximum absolute atomic E-state index is 10.2. The molecular weight excluding hydrogens is 298 g/mol. The molecule has 0 aromatic heterocycles. The highest BCUT2D eigenvalue weighted by Crippen LogP contribution is 2.22. The molecule has 128 valence electrons. The van der Waals surface area contributed by atoms with Gasteiger partial charge in [-0.1, -0.05) is 49.4 Å². The molecule has 2 aromatic rings. The first-order valence-electron chi connectivity index (χ1n) is 8.89. The number of piperidine rings is 1. The zero-order valence-electron chi connectivity index (χ0n) is 14.4. The first-order chi connectivity index (χ1) is 11.7. The normalized spacial score (nSPS) is 17.6. The summed E-state index contributed by atoms with van der Waals surface area (Å²) in [7, 11) is 0. The van der Waals surface area contributed by atoms with Crippen molar-refractivity contribution in [2.24, 2.45) is 5.92 Å². The van der Waals surface area contributed by atoms with E-state index in [4.69, 9.17) is 4.74 Å². The zero-order valence-corrected chi connectivity index (χ0v) is 14.4. The van der Waals surface area contributed by atoms with Crippen molar-refractivity contribution >= 4 is 0 Å². The van der Waals surface area contributed by atoms with Gasteiger partial charge in [-0.05, 0) is 55.1 Å². The lowest BCUT2D eigenvalue weighted by molar-refractivity contribution is 0.0563. The predicted molar refractivity (Wildman–Crippen MR) is 98.2 cm³/mol. The highest BCUT2D eigenvalue weighted by molar-refractivity contribution is 5.63. The van der Waals surface area contributed by atoms with Crippen molar-refractivity contribution in [2.75, 3.05) is 26.2 Å². The van der Waals surface area contributed by atoms with Crippen molar-refractivity contribution in [1.29, 1.82) is 0 Å². The molecule has 1 heterocycles. The van der Waals surface area contributed by atoms with E-state index in [-0.39, 0.29) is 0 Å². The second-order valence-corrected chi connectivity index (χ2v) is 6.84. The van der Waals surface area contributed by atoms with Gasteiger partial charge in [-0.2, -0.15) is 0 Å². The molecule has 0 saturated carbocycles. The number of benzene rings is 2. The van der Waals surface area contributed by atoms with E-state index >= 15 is 0 Å². The smallest absolute Gasteiger partial charge is 0.119 e. The molecule has 3 heteroatoms. The van der Waals surface area contributed by atoms with Gasteiger partial charge in [-0.3, -0.25) is 0 Å². The van der Waals surface area contributed by atoms with Crippen LogP contribution >= 0.6 is 0 Å². The summed E-state index contributed by atoms with van der Waals surface area (Å²) in [6.07, 6.45) is 2.02. The molecule has 3 rings (SSSR count). The minimum absolute atomic E-state index is 0.344. The predicted octanol–water partition coefficient (Wildman–Crippen LogP) is 3.83. The van der Waals surface area contributed by atoms with E-state index in [2.05, 4.69) is 36.1 Å². The fourth-order valence-electron chi connectivity index (χ4n) is 3.16. The van der Waals surface area contributed by atoms with Crippen LogP contribution in [0.3, 0.4) is 0 Å². The van der Waals surface area contributed by atoms with E-state index in [9.17, 15) is 5.11 Å². The molecular formula is C21H27NO2. The van der Waals surface area contributed by atoms with Crippen molar-refractivity contribution in [3.8, 4) is 16.9 Å². The van der Waals surface area contributed by atoms with Crippen LogP contribution in [0.4, 0.5) is 0 Å². The second kappa shape index (κ2) is 8.32. The lowest BCUT2D eigenvalue weighted by Gasteiger charge is -2.31. The van der Waals surface area contributed by atoms with Crippen LogP contribution in [0.5, 0.6) is 5.75 Å². The zero-order chi connectivity index (χ0) is 16.8. The molecule has 3 nitrogen and oxygen atoms in total. The fraction of sp³-hybridized carbons (Fsp3) is 0.429. The van der Waals surface area contributed by atoms with Gasteiger partial charge >= 0.3 is 0 Å². The Kier molecular flexibility index (Phi) is 5.89. The molecule has 24 heavy (non-hydrogen) atoms. The summed E-state index contributed by atoms with van der Waals surface area (Å²) in [4.78, 5) is 2.34. The molecule has 1 aliphatic rings. The SMILES string of the molecule is CC1CCN(C[C@@H](O)COc2ccc(-c3ccccc3)cc2)CC1. The van der Waals surface area contributed by atoms with Crippen LogP contribution in [0, 0.1) is 5.92 Å². The van der Waals surface area contributed by atoms with Gasteiger partial charge in [0.25, 0.3) is 0 Å². The first-order valence-corrected chi connectivity index (χ1v) is 8.89. The lowest BCUT2D eigenvalue weighted by Crippen LogP contribution is -2.40. The molecule has 0 amide bonds. The van der Waals surface area contributed by atoms with Crippen molar-refractivity contribution in [3.63, 3.8) is 0 Å². The van der Waals surface area contributed by atoms with Crippen molar-refractivity contribution in [2.45, 2.75) is 25.9 Å². The molecule has 1 fully saturated rings. The average molecular weight is 325 g/mol. The number of hydrogen-bond donors (Lipinski definition) is 1. The minimum Gasteiger partial charge on any atom is -0.491 e. The van der Waals surface area contributed by atoms with Gasteiger partial charge in [0.1, 0.15) is 18.5 Å². The van der Waals surface area contributed by atoms with E-state index in [1.54, 1.807) is 0 Å². The van der Waals surface area contributed by atoms with Gasteiger partial charge < -0.3 is 14.7 Å². The van der Waals surface area contributed by atoms with E-state index in [1.165, 1.54) is 24.0 Å². The number of aliphatic hydroxyl groups is 1. The number of rotatable bonds is 6. The molecule has 1 saturated heterocycles. The largest absolute Gasteiger partial charge is 0.491 e. The molecule has 2 aromatic carbocycles. The maximum Gasteiger partial charge on any atom is 0.119 e. The number of likely N-dealkylation sites (tertiary alicyclic amines) is 1. The van der Waals surface area contributed by atoms with Crippen LogP contribution in [0.2, 0.25) is 0 Å². The Balaban J connectivity index is 1.46. The molecule has 0 unspecified atom stereocenters. The maximum atomic E-state index is 10.2. The fourth-order valence-corrected chi connectivity index (χ4v) is 3.16. The van der Waals surface area contributed by atoms with Crippen LogP contribution in [0.15, 0.2) is 54.6 Å². The van der Waals surface area contributed by atoms with Crippen molar-refractivity contribution < 1.29 is 9.84 Å². The summed E-state index contributed by atoms with van der Waals surface area (Å²) in [5.74, 6) is 1.62. The Morgan fingerprint density at radius 2 is 1.62 bits per heavy atom. The van der Waals surface area contributed by atoms with Gasteiger partial charge in [0, 0.05) is 6.54 Å². The summed E-state index contributed by atoms with van der Waals surface area (Å²) in [5, 5.41) is 10.2. The molecule has 1 N–H and O–H groups in total. The van der Waals surface area contributed by atoms with Gasteiger partial charge in [0.15, 0.2) is 0 Å². The third-order valence-electron chi connectivity index (χ3n) is 4.75. The van der Waals surface area contributed by atoms with Gasteiger partial charge in [0.05, 0.1) is 0 Å². The van der Waals surface area contributed by atoms with Crippen LogP contribution in [0.1, 0.15) is 19.8 Å². The molecule has 0 spiro atoms. The van der Waals surface area contributed by atoms with Crippen LogP contribution in [-0.2, 0) is 0 Å². The highest BCUT2D eigenvalue weighted by Gasteiger charge is 2.18. The third kappa shape index (κ3) is 4.83. The Labute approximate surface area is 144 Å². The number of nitrogens with zero attached hydrogens (tertiary/aromatic N) is 1. The van der Waals surface area contributed by atoms with E-state index in [0.717, 1.165) is 24.8 Å². The van der Waals surface area contributed by atoms with Gasteiger partial charge in [0.2, 0.25) is 0 Å². The number of aliphatic hydroxyl groups excluding tert-OH is 1. The van der Waals surface area contributed by atoms with Crippen molar-refractivity contribution in [3.05, 3.63) is 54.6 Å². The second-order valence-electron chi connectivity index (χ2n) is 6.84. The van der Waals surface area contributed by atoms with E-state index in [1.807, 2.05) is 30.3 Å². The Bertz CT molecular complexity index is 603. The Hall–Kier alpha value is -1.84. The Morgan fingerprint density at radius 1 is 1.00 bits per heavy atom. The molecule has 1 atom stereocenters. The summed E-state index contributed by atoms with van der Waals surface area (Å²) in [5.41, 5.74) is 2.37. The summed E-state index contributed by atoms with van der Waals surface area (Å²) in [6, 6.07) is 18.3. The van der Waals surface area contributed by atoms with Crippen LogP contribution < -0.4 is 4.74 Å². The quantitative estimate of drug-likeness (QED) is 0.876. The monoisotopic (exact) mass is 325 g/mol. The van der Waals surface area contributed by atoms with Crippen molar-refractivity contribution in [1.82, 2.24) is 4.90 Å². The number of hydrogen-bond acceptors (Lipinski definition) is 3. The summed E-state index contributed by atoms with van der Waals surface area (Å²) in [6.45, 7) is 5.52. The summed E-state index contributed by atoms with van der Waals surface area (Å²) >= 11 is 0. The lowest BCUT2D eigenvalue weighted by atomic mass is 9.99. The van der Waals surface area contributed by atoms with Crippen LogP contribution in [-0.4, -0.2) is 42.4 Å². The van der Waals surface area contributed by atoms with Crippen LogP contribution in [0.25, 0.3) is 11.1 Å². The van der Waals surface area contributed by atoms with E-state index < -0.39 is 6.10 Å². The summed E-state index contributed by atoms with van der Waals surface area (Å²) < 4.78 is 5.74. The Morgan fingerprint density at radius 3 is 2.29 bits per heavy atom. The first kappa shape index (κ1) is 17.0. The number of β-amino-alcohol motifs (C(OH)–C–C–N with tert-alkyl or cyclic N) is 1. The molecule has 0 radical (unpaired) electrons. The minimum atomic E-state index is -0.438. The third-order valence-corrected chi connectivity index (χ3v) is 4.75. The topological polar surface area (TPSA) is 32.7 Å². The average Bonchev–Trinajstić information content (AvgIpc) is 2.63. The van der Waals surface area contributed by atoms with E-state index in [0.29, 0.717) is 13.2 Å². The molecule has 0 bridgehead atoms. The van der Waals surface area contributed by atoms with Gasteiger partial charge in [-0.25, -0.2) is 0 Å². The number of ether oxygens (including phenoxy) is 1. The van der Waals surface area contributed by atoms with Gasteiger partial charge in [-0.15, -0.1) is 0 Å².